The number of aromatic nitrogens is 2. The van der Waals surface area contributed by atoms with E-state index in [0.29, 0.717) is 11.1 Å². The lowest BCUT2D eigenvalue weighted by molar-refractivity contribution is 0.922. The van der Waals surface area contributed by atoms with Crippen LogP contribution >= 0.6 is 27.5 Å². The minimum atomic E-state index is 0.482. The topological polar surface area (TPSA) is 37.8 Å². The van der Waals surface area contributed by atoms with Crippen LogP contribution in [0.3, 0.4) is 0 Å². The van der Waals surface area contributed by atoms with Crippen molar-refractivity contribution in [2.75, 3.05) is 5.32 Å². The smallest absolute Gasteiger partial charge is 0.138 e. The van der Waals surface area contributed by atoms with E-state index in [2.05, 4.69) is 50.3 Å². The Balaban J connectivity index is 1.97. The van der Waals surface area contributed by atoms with E-state index in [1.807, 2.05) is 13.0 Å². The van der Waals surface area contributed by atoms with Gasteiger partial charge in [-0.3, -0.25) is 0 Å². The van der Waals surface area contributed by atoms with E-state index in [1.165, 1.54) is 5.56 Å². The Morgan fingerprint density at radius 2 is 2.00 bits per heavy atom. The number of nitrogens with zero attached hydrogens (tertiary/aromatic N) is 2. The number of hydrogen-bond acceptors (Lipinski definition) is 3. The molecule has 3 nitrogen and oxygen atoms in total. The Bertz CT molecular complexity index is 668. The summed E-state index contributed by atoms with van der Waals surface area (Å²) >= 11 is 9.79. The minimum absolute atomic E-state index is 0.482. The summed E-state index contributed by atoms with van der Waals surface area (Å²) in [5, 5.41) is 3.88. The largest absolute Gasteiger partial charge is 0.339 e. The van der Waals surface area contributed by atoms with Crippen LogP contribution < -0.4 is 5.32 Å². The third kappa shape index (κ3) is 2.81. The fourth-order valence-corrected chi connectivity index (χ4v) is 2.77. The summed E-state index contributed by atoms with van der Waals surface area (Å²) in [6, 6.07) is 6.17. The summed E-state index contributed by atoms with van der Waals surface area (Å²) in [6.45, 7) is 4.00. The molecular weight excluding hydrogens is 338 g/mol. The number of halogens is 2. The number of aryl methyl sites for hydroxylation is 1. The van der Waals surface area contributed by atoms with Gasteiger partial charge in [0.15, 0.2) is 0 Å². The van der Waals surface area contributed by atoms with Crippen LogP contribution in [0.15, 0.2) is 22.7 Å². The second-order valence-electron chi connectivity index (χ2n) is 5.23. The standard InChI is InChI=1S/C15H15BrClN3/c1-8-3-6-12(11(16)7-8)18-14-9(2)13(17)19-15(20-14)10-4-5-10/h3,6-7,10H,4-5H2,1-2H3,(H,18,19,20). The second kappa shape index (κ2) is 5.34. The number of nitrogens with one attached hydrogen (secondary N) is 1. The zero-order chi connectivity index (χ0) is 14.3. The predicted molar refractivity (Wildman–Crippen MR) is 85.9 cm³/mol. The number of hydrogen-bond donors (Lipinski definition) is 1. The highest BCUT2D eigenvalue weighted by molar-refractivity contribution is 9.10. The molecule has 0 radical (unpaired) electrons. The molecule has 0 spiro atoms. The first kappa shape index (κ1) is 13.8. The van der Waals surface area contributed by atoms with Gasteiger partial charge in [-0.15, -0.1) is 0 Å². The van der Waals surface area contributed by atoms with Crippen LogP contribution in [0, 0.1) is 13.8 Å². The molecule has 0 atom stereocenters. The van der Waals surface area contributed by atoms with Gasteiger partial charge in [0.1, 0.15) is 16.8 Å². The molecule has 1 aliphatic carbocycles. The average Bonchev–Trinajstić information content (AvgIpc) is 3.22. The summed E-state index contributed by atoms with van der Waals surface area (Å²) in [5.74, 6) is 2.12. The van der Waals surface area contributed by atoms with Crippen LogP contribution in [0.2, 0.25) is 5.15 Å². The lowest BCUT2D eigenvalue weighted by Crippen LogP contribution is -2.03. The van der Waals surface area contributed by atoms with Gasteiger partial charge in [-0.05, 0) is 60.3 Å². The van der Waals surface area contributed by atoms with E-state index in [1.54, 1.807) is 0 Å². The quantitative estimate of drug-likeness (QED) is 0.778. The van der Waals surface area contributed by atoms with Crippen molar-refractivity contribution in [3.63, 3.8) is 0 Å². The zero-order valence-corrected chi connectivity index (χ0v) is 13.7. The maximum absolute atomic E-state index is 6.22. The first-order chi connectivity index (χ1) is 9.54. The van der Waals surface area contributed by atoms with Crippen molar-refractivity contribution in [3.05, 3.63) is 44.8 Å². The van der Waals surface area contributed by atoms with Gasteiger partial charge in [-0.2, -0.15) is 0 Å². The van der Waals surface area contributed by atoms with Gasteiger partial charge in [-0.1, -0.05) is 17.7 Å². The fraction of sp³-hybridized carbons (Fsp3) is 0.333. The van der Waals surface area contributed by atoms with Gasteiger partial charge in [-0.25, -0.2) is 9.97 Å². The zero-order valence-electron chi connectivity index (χ0n) is 11.4. The maximum atomic E-state index is 6.22. The van der Waals surface area contributed by atoms with Gasteiger partial charge in [0, 0.05) is 16.0 Å². The predicted octanol–water partition coefficient (Wildman–Crippen LogP) is 5.13. The number of anilines is 2. The minimum Gasteiger partial charge on any atom is -0.339 e. The molecule has 0 amide bonds. The Morgan fingerprint density at radius 1 is 1.25 bits per heavy atom. The van der Waals surface area contributed by atoms with Crippen LogP contribution in [0.25, 0.3) is 0 Å². The molecule has 0 saturated heterocycles. The summed E-state index contributed by atoms with van der Waals surface area (Å²) in [6.07, 6.45) is 2.32. The Labute approximate surface area is 131 Å². The molecule has 0 aliphatic heterocycles. The van der Waals surface area contributed by atoms with Crippen molar-refractivity contribution in [3.8, 4) is 0 Å². The Morgan fingerprint density at radius 3 is 2.65 bits per heavy atom. The van der Waals surface area contributed by atoms with E-state index in [4.69, 9.17) is 11.6 Å². The summed E-state index contributed by atoms with van der Waals surface area (Å²) < 4.78 is 1.01. The molecule has 1 aliphatic rings. The molecule has 3 rings (SSSR count). The van der Waals surface area contributed by atoms with Crippen molar-refractivity contribution < 1.29 is 0 Å². The molecule has 5 heteroatoms. The van der Waals surface area contributed by atoms with Crippen molar-refractivity contribution in [2.24, 2.45) is 0 Å². The molecule has 104 valence electrons. The SMILES string of the molecule is Cc1ccc(Nc2nc(C3CC3)nc(Cl)c2C)c(Br)c1. The molecular formula is C15H15BrClN3. The number of rotatable bonds is 3. The molecule has 20 heavy (non-hydrogen) atoms. The second-order valence-corrected chi connectivity index (χ2v) is 6.44. The fourth-order valence-electron chi connectivity index (χ4n) is 2.00. The maximum Gasteiger partial charge on any atom is 0.138 e. The average molecular weight is 353 g/mol. The highest BCUT2D eigenvalue weighted by Gasteiger charge is 2.28. The molecule has 1 aromatic carbocycles. The van der Waals surface area contributed by atoms with Crippen LogP contribution in [-0.2, 0) is 0 Å². The Kier molecular flexibility index (Phi) is 3.69. The molecule has 1 N–H and O–H groups in total. The molecule has 1 heterocycles. The first-order valence-corrected chi connectivity index (χ1v) is 7.79. The van der Waals surface area contributed by atoms with E-state index in [9.17, 15) is 0 Å². The molecule has 2 aromatic rings. The van der Waals surface area contributed by atoms with Crippen LogP contribution in [0.5, 0.6) is 0 Å². The van der Waals surface area contributed by atoms with Crippen molar-refractivity contribution in [1.29, 1.82) is 0 Å². The third-order valence-electron chi connectivity index (χ3n) is 3.42. The molecule has 1 fully saturated rings. The third-order valence-corrected chi connectivity index (χ3v) is 4.45. The first-order valence-electron chi connectivity index (χ1n) is 6.62. The van der Waals surface area contributed by atoms with Gasteiger partial charge < -0.3 is 5.32 Å². The van der Waals surface area contributed by atoms with Gasteiger partial charge >= 0.3 is 0 Å². The number of benzene rings is 1. The van der Waals surface area contributed by atoms with Crippen LogP contribution in [-0.4, -0.2) is 9.97 Å². The highest BCUT2D eigenvalue weighted by Crippen LogP contribution is 2.40. The summed E-state index contributed by atoms with van der Waals surface area (Å²) in [5.41, 5.74) is 3.07. The van der Waals surface area contributed by atoms with Gasteiger partial charge in [0.2, 0.25) is 0 Å². The molecule has 1 aromatic heterocycles. The molecule has 0 bridgehead atoms. The molecule has 0 unspecified atom stereocenters. The summed E-state index contributed by atoms with van der Waals surface area (Å²) in [4.78, 5) is 9.00. The summed E-state index contributed by atoms with van der Waals surface area (Å²) in [7, 11) is 0. The van der Waals surface area contributed by atoms with Crippen molar-refractivity contribution in [2.45, 2.75) is 32.6 Å². The van der Waals surface area contributed by atoms with Crippen molar-refractivity contribution in [1.82, 2.24) is 9.97 Å². The van der Waals surface area contributed by atoms with E-state index < -0.39 is 0 Å². The highest BCUT2D eigenvalue weighted by atomic mass is 79.9. The normalized spacial score (nSPS) is 14.4. The van der Waals surface area contributed by atoms with Gasteiger partial charge in [0.25, 0.3) is 0 Å². The van der Waals surface area contributed by atoms with Crippen LogP contribution in [0.4, 0.5) is 11.5 Å². The lowest BCUT2D eigenvalue weighted by Gasteiger charge is -2.13. The van der Waals surface area contributed by atoms with Gasteiger partial charge in [0.05, 0.1) is 5.69 Å². The van der Waals surface area contributed by atoms with E-state index >= 15 is 0 Å². The van der Waals surface area contributed by atoms with Crippen molar-refractivity contribution >= 4 is 39.0 Å². The Hall–Kier alpha value is -1.13. The molecule has 1 saturated carbocycles. The van der Waals surface area contributed by atoms with E-state index in [-0.39, 0.29) is 0 Å². The van der Waals surface area contributed by atoms with Crippen LogP contribution in [0.1, 0.15) is 35.7 Å². The monoisotopic (exact) mass is 351 g/mol. The van der Waals surface area contributed by atoms with E-state index in [0.717, 1.165) is 40.2 Å². The lowest BCUT2D eigenvalue weighted by atomic mass is 10.2.